The molecule has 0 aromatic heterocycles. The van der Waals surface area contributed by atoms with Crippen LogP contribution < -0.4 is 5.32 Å². The molecule has 1 saturated carbocycles. The molecule has 18 heavy (non-hydrogen) atoms. The van der Waals surface area contributed by atoms with Crippen molar-refractivity contribution in [3.8, 4) is 0 Å². The Labute approximate surface area is 111 Å². The summed E-state index contributed by atoms with van der Waals surface area (Å²) in [5.74, 6) is 1.77. The standard InChI is InChI=1S/C17H25N/c1-14-8-6-12-17(15(14)2)18-13-7-11-16-9-4-3-5-10-16/h3-5,7,9-11,14-15,17-18H,6,8,12-13H2,1-2H3/p+1/b11-7+/t14-,15+,17+/m0/s1. The van der Waals surface area contributed by atoms with Crippen molar-refractivity contribution >= 4 is 6.08 Å². The molecule has 1 nitrogen and oxygen atoms in total. The van der Waals surface area contributed by atoms with Crippen molar-refractivity contribution in [3.63, 3.8) is 0 Å². The minimum Gasteiger partial charge on any atom is -0.340 e. The smallest absolute Gasteiger partial charge is 0.0947 e. The van der Waals surface area contributed by atoms with Crippen LogP contribution in [0.3, 0.4) is 0 Å². The van der Waals surface area contributed by atoms with Gasteiger partial charge in [-0.2, -0.15) is 0 Å². The van der Waals surface area contributed by atoms with Gasteiger partial charge in [-0.3, -0.25) is 0 Å². The van der Waals surface area contributed by atoms with E-state index in [0.29, 0.717) is 0 Å². The molecule has 1 aliphatic rings. The minimum atomic E-state index is 0.828. The Morgan fingerprint density at radius 1 is 1.17 bits per heavy atom. The Morgan fingerprint density at radius 3 is 2.72 bits per heavy atom. The van der Waals surface area contributed by atoms with E-state index in [9.17, 15) is 0 Å². The predicted octanol–water partition coefficient (Wildman–Crippen LogP) is 3.09. The lowest BCUT2D eigenvalue weighted by Crippen LogP contribution is -2.91. The molecule has 3 atom stereocenters. The average molecular weight is 244 g/mol. The highest BCUT2D eigenvalue weighted by molar-refractivity contribution is 5.48. The number of benzene rings is 1. The summed E-state index contributed by atoms with van der Waals surface area (Å²) >= 11 is 0. The fraction of sp³-hybridized carbons (Fsp3) is 0.529. The molecule has 1 fully saturated rings. The molecule has 1 heteroatoms. The number of hydrogen-bond acceptors (Lipinski definition) is 0. The summed E-state index contributed by atoms with van der Waals surface area (Å²) in [5, 5.41) is 2.53. The zero-order chi connectivity index (χ0) is 12.8. The van der Waals surface area contributed by atoms with Crippen molar-refractivity contribution < 1.29 is 5.32 Å². The summed E-state index contributed by atoms with van der Waals surface area (Å²) in [4.78, 5) is 0. The van der Waals surface area contributed by atoms with Gasteiger partial charge in [0.05, 0.1) is 12.6 Å². The molecule has 0 amide bonds. The maximum absolute atomic E-state index is 2.53. The number of rotatable bonds is 4. The highest BCUT2D eigenvalue weighted by atomic mass is 14.9. The van der Waals surface area contributed by atoms with Gasteiger partial charge in [-0.05, 0) is 36.8 Å². The summed E-state index contributed by atoms with van der Waals surface area (Å²) in [6, 6.07) is 11.4. The molecule has 0 aliphatic heterocycles. The number of nitrogens with two attached hydrogens (primary N) is 1. The third-order valence-corrected chi connectivity index (χ3v) is 4.45. The van der Waals surface area contributed by atoms with E-state index >= 15 is 0 Å². The largest absolute Gasteiger partial charge is 0.340 e. The summed E-state index contributed by atoms with van der Waals surface area (Å²) in [6.07, 6.45) is 8.75. The van der Waals surface area contributed by atoms with Crippen LogP contribution in [0.1, 0.15) is 38.7 Å². The van der Waals surface area contributed by atoms with Gasteiger partial charge < -0.3 is 5.32 Å². The Kier molecular flexibility index (Phi) is 5.00. The SMILES string of the molecule is C[C@@H]1[C@@H](C)CCC[C@H]1[NH2+]C/C=C/c1ccccc1. The van der Waals surface area contributed by atoms with E-state index in [1.54, 1.807) is 0 Å². The van der Waals surface area contributed by atoms with Crippen LogP contribution in [0, 0.1) is 11.8 Å². The quantitative estimate of drug-likeness (QED) is 0.838. The monoisotopic (exact) mass is 244 g/mol. The molecule has 2 rings (SSSR count). The minimum absolute atomic E-state index is 0.828. The Morgan fingerprint density at radius 2 is 1.94 bits per heavy atom. The highest BCUT2D eigenvalue weighted by Crippen LogP contribution is 2.27. The Hall–Kier alpha value is -1.08. The van der Waals surface area contributed by atoms with Gasteiger partial charge in [0.15, 0.2) is 0 Å². The fourth-order valence-electron chi connectivity index (χ4n) is 2.98. The van der Waals surface area contributed by atoms with Crippen LogP contribution in [-0.4, -0.2) is 12.6 Å². The van der Waals surface area contributed by atoms with Gasteiger partial charge in [0.1, 0.15) is 0 Å². The van der Waals surface area contributed by atoms with Crippen molar-refractivity contribution in [2.24, 2.45) is 11.8 Å². The van der Waals surface area contributed by atoms with Crippen LogP contribution in [0.25, 0.3) is 6.08 Å². The van der Waals surface area contributed by atoms with E-state index in [1.807, 2.05) is 0 Å². The van der Waals surface area contributed by atoms with E-state index in [4.69, 9.17) is 0 Å². The molecule has 1 aromatic carbocycles. The molecule has 0 saturated heterocycles. The first-order chi connectivity index (χ1) is 8.77. The highest BCUT2D eigenvalue weighted by Gasteiger charge is 2.28. The molecule has 0 spiro atoms. The fourth-order valence-corrected chi connectivity index (χ4v) is 2.98. The summed E-state index contributed by atoms with van der Waals surface area (Å²) < 4.78 is 0. The summed E-state index contributed by atoms with van der Waals surface area (Å²) in [6.45, 7) is 5.94. The second-order valence-electron chi connectivity index (χ2n) is 5.72. The van der Waals surface area contributed by atoms with Gasteiger partial charge >= 0.3 is 0 Å². The third kappa shape index (κ3) is 3.71. The number of hydrogen-bond donors (Lipinski definition) is 1. The van der Waals surface area contributed by atoms with E-state index in [2.05, 4.69) is 61.6 Å². The first-order valence-corrected chi connectivity index (χ1v) is 7.32. The van der Waals surface area contributed by atoms with Crippen molar-refractivity contribution in [2.75, 3.05) is 6.54 Å². The van der Waals surface area contributed by atoms with Crippen LogP contribution in [0.15, 0.2) is 36.4 Å². The van der Waals surface area contributed by atoms with Gasteiger partial charge in [0, 0.05) is 5.92 Å². The van der Waals surface area contributed by atoms with Crippen LogP contribution in [0.2, 0.25) is 0 Å². The second kappa shape index (κ2) is 6.75. The van der Waals surface area contributed by atoms with Gasteiger partial charge in [-0.1, -0.05) is 50.3 Å². The molecular formula is C17H26N+. The topological polar surface area (TPSA) is 16.6 Å². The van der Waals surface area contributed by atoms with Crippen molar-refractivity contribution in [3.05, 3.63) is 42.0 Å². The van der Waals surface area contributed by atoms with Crippen molar-refractivity contribution in [2.45, 2.75) is 39.2 Å². The predicted molar refractivity (Wildman–Crippen MR) is 78.2 cm³/mol. The van der Waals surface area contributed by atoms with E-state index in [-0.39, 0.29) is 0 Å². The molecular weight excluding hydrogens is 218 g/mol. The summed E-state index contributed by atoms with van der Waals surface area (Å²) in [5.41, 5.74) is 1.30. The van der Waals surface area contributed by atoms with Crippen LogP contribution in [0.4, 0.5) is 0 Å². The van der Waals surface area contributed by atoms with Crippen LogP contribution in [-0.2, 0) is 0 Å². The molecule has 2 N–H and O–H groups in total. The van der Waals surface area contributed by atoms with Gasteiger partial charge in [-0.15, -0.1) is 0 Å². The third-order valence-electron chi connectivity index (χ3n) is 4.45. The Balaban J connectivity index is 1.76. The van der Waals surface area contributed by atoms with Crippen molar-refractivity contribution in [1.29, 1.82) is 0 Å². The lowest BCUT2D eigenvalue weighted by atomic mass is 9.78. The lowest BCUT2D eigenvalue weighted by molar-refractivity contribution is -0.691. The maximum atomic E-state index is 2.53. The zero-order valence-electron chi connectivity index (χ0n) is 11.7. The second-order valence-corrected chi connectivity index (χ2v) is 5.72. The van der Waals surface area contributed by atoms with Gasteiger partial charge in [0.25, 0.3) is 0 Å². The van der Waals surface area contributed by atoms with E-state index in [1.165, 1.54) is 24.8 Å². The van der Waals surface area contributed by atoms with Crippen molar-refractivity contribution in [1.82, 2.24) is 0 Å². The Bertz CT molecular complexity index is 368. The zero-order valence-corrected chi connectivity index (χ0v) is 11.7. The maximum Gasteiger partial charge on any atom is 0.0947 e. The lowest BCUT2D eigenvalue weighted by Gasteiger charge is -2.31. The van der Waals surface area contributed by atoms with Crippen LogP contribution >= 0.6 is 0 Å². The van der Waals surface area contributed by atoms with E-state index < -0.39 is 0 Å². The summed E-state index contributed by atoms with van der Waals surface area (Å²) in [7, 11) is 0. The number of quaternary nitrogens is 1. The molecule has 98 valence electrons. The van der Waals surface area contributed by atoms with Gasteiger partial charge in [-0.25, -0.2) is 0 Å². The molecule has 0 bridgehead atoms. The first-order valence-electron chi connectivity index (χ1n) is 7.32. The molecule has 0 radical (unpaired) electrons. The van der Waals surface area contributed by atoms with Crippen LogP contribution in [0.5, 0.6) is 0 Å². The molecule has 1 aliphatic carbocycles. The molecule has 0 heterocycles. The molecule has 0 unspecified atom stereocenters. The van der Waals surface area contributed by atoms with Gasteiger partial charge in [0.2, 0.25) is 0 Å². The molecule has 1 aromatic rings. The first kappa shape index (κ1) is 13.4. The van der Waals surface area contributed by atoms with E-state index in [0.717, 1.165) is 24.4 Å². The normalized spacial score (nSPS) is 28.7. The average Bonchev–Trinajstić information content (AvgIpc) is 2.40.